The van der Waals surface area contributed by atoms with Crippen LogP contribution in [0.15, 0.2) is 53.0 Å². The lowest BCUT2D eigenvalue weighted by Crippen LogP contribution is -2.21. The van der Waals surface area contributed by atoms with Gasteiger partial charge in [0.2, 0.25) is 0 Å². The number of rotatable bonds is 6. The van der Waals surface area contributed by atoms with Gasteiger partial charge in [0.15, 0.2) is 0 Å². The van der Waals surface area contributed by atoms with Crippen molar-refractivity contribution >= 4 is 27.3 Å². The molecule has 0 amide bonds. The summed E-state index contributed by atoms with van der Waals surface area (Å²) in [5.41, 5.74) is 3.73. The van der Waals surface area contributed by atoms with Gasteiger partial charge in [0, 0.05) is 35.5 Å². The van der Waals surface area contributed by atoms with Gasteiger partial charge in [0.05, 0.1) is 0 Å². The second-order valence-corrected chi connectivity index (χ2v) is 5.61. The standard InChI is InChI=1S/C17H21BrN2/c1-3-20(4-2)17-11-5-14(6-12-17)13-19-16-9-7-15(18)8-10-16/h5-12,19H,3-4,13H2,1-2H3. The van der Waals surface area contributed by atoms with Gasteiger partial charge in [-0.05, 0) is 55.8 Å². The summed E-state index contributed by atoms with van der Waals surface area (Å²) in [6.45, 7) is 7.32. The molecule has 0 spiro atoms. The summed E-state index contributed by atoms with van der Waals surface area (Å²) in [6, 6.07) is 17.0. The van der Waals surface area contributed by atoms with Crippen LogP contribution in [0.1, 0.15) is 19.4 Å². The minimum atomic E-state index is 0.847. The minimum absolute atomic E-state index is 0.847. The third-order valence-corrected chi connectivity index (χ3v) is 3.93. The summed E-state index contributed by atoms with van der Waals surface area (Å²) in [5, 5.41) is 3.43. The third kappa shape index (κ3) is 4.01. The second kappa shape index (κ2) is 7.34. The second-order valence-electron chi connectivity index (χ2n) is 4.70. The Morgan fingerprint density at radius 1 is 0.900 bits per heavy atom. The molecule has 2 aromatic carbocycles. The number of halogens is 1. The van der Waals surface area contributed by atoms with Crippen LogP contribution in [0.4, 0.5) is 11.4 Å². The Morgan fingerprint density at radius 2 is 1.50 bits per heavy atom. The highest BCUT2D eigenvalue weighted by Crippen LogP contribution is 2.17. The Morgan fingerprint density at radius 3 is 2.05 bits per heavy atom. The normalized spacial score (nSPS) is 10.3. The van der Waals surface area contributed by atoms with Gasteiger partial charge in [0.25, 0.3) is 0 Å². The van der Waals surface area contributed by atoms with Crippen LogP contribution in [0.25, 0.3) is 0 Å². The summed E-state index contributed by atoms with van der Waals surface area (Å²) in [6.07, 6.45) is 0. The Kier molecular flexibility index (Phi) is 5.48. The van der Waals surface area contributed by atoms with Crippen molar-refractivity contribution in [3.63, 3.8) is 0 Å². The van der Waals surface area contributed by atoms with Crippen LogP contribution in [-0.2, 0) is 6.54 Å². The van der Waals surface area contributed by atoms with Crippen LogP contribution in [-0.4, -0.2) is 13.1 Å². The number of nitrogens with one attached hydrogen (secondary N) is 1. The molecule has 106 valence electrons. The molecule has 0 aliphatic carbocycles. The van der Waals surface area contributed by atoms with Gasteiger partial charge in [-0.25, -0.2) is 0 Å². The van der Waals surface area contributed by atoms with Crippen LogP contribution in [0.2, 0.25) is 0 Å². The van der Waals surface area contributed by atoms with Gasteiger partial charge in [0.1, 0.15) is 0 Å². The fourth-order valence-electron chi connectivity index (χ4n) is 2.19. The Labute approximate surface area is 129 Å². The third-order valence-electron chi connectivity index (χ3n) is 3.41. The molecule has 0 aromatic heterocycles. The van der Waals surface area contributed by atoms with E-state index in [1.807, 2.05) is 12.1 Å². The fourth-order valence-corrected chi connectivity index (χ4v) is 2.45. The molecule has 2 aromatic rings. The molecule has 0 radical (unpaired) electrons. The van der Waals surface area contributed by atoms with Crippen molar-refractivity contribution in [2.24, 2.45) is 0 Å². The molecular weight excluding hydrogens is 312 g/mol. The molecule has 0 saturated heterocycles. The van der Waals surface area contributed by atoms with Crippen LogP contribution in [0, 0.1) is 0 Å². The number of benzene rings is 2. The topological polar surface area (TPSA) is 15.3 Å². The summed E-state index contributed by atoms with van der Waals surface area (Å²) in [5.74, 6) is 0. The smallest absolute Gasteiger partial charge is 0.0400 e. The van der Waals surface area contributed by atoms with Crippen molar-refractivity contribution in [3.05, 3.63) is 58.6 Å². The SMILES string of the molecule is CCN(CC)c1ccc(CNc2ccc(Br)cc2)cc1. The molecule has 1 N–H and O–H groups in total. The predicted molar refractivity (Wildman–Crippen MR) is 91.5 cm³/mol. The highest BCUT2D eigenvalue weighted by atomic mass is 79.9. The van der Waals surface area contributed by atoms with E-state index in [1.54, 1.807) is 0 Å². The Bertz CT molecular complexity index is 516. The molecule has 2 nitrogen and oxygen atoms in total. The lowest BCUT2D eigenvalue weighted by Gasteiger charge is -2.21. The van der Waals surface area contributed by atoms with E-state index in [9.17, 15) is 0 Å². The van der Waals surface area contributed by atoms with Crippen LogP contribution in [0.3, 0.4) is 0 Å². The lowest BCUT2D eigenvalue weighted by molar-refractivity contribution is 0.865. The summed E-state index contributed by atoms with van der Waals surface area (Å²) in [4.78, 5) is 2.35. The molecule has 20 heavy (non-hydrogen) atoms. The predicted octanol–water partition coefficient (Wildman–Crippen LogP) is 4.91. The van der Waals surface area contributed by atoms with Gasteiger partial charge in [-0.15, -0.1) is 0 Å². The van der Waals surface area contributed by atoms with E-state index in [0.29, 0.717) is 0 Å². The molecule has 0 fully saturated rings. The van der Waals surface area contributed by atoms with Crippen LogP contribution >= 0.6 is 15.9 Å². The molecule has 0 heterocycles. The number of nitrogens with zero attached hydrogens (tertiary/aromatic N) is 1. The fraction of sp³-hybridized carbons (Fsp3) is 0.294. The van der Waals surface area contributed by atoms with Crippen LogP contribution < -0.4 is 10.2 Å². The Balaban J connectivity index is 1.95. The maximum absolute atomic E-state index is 3.44. The average Bonchev–Trinajstić information content (AvgIpc) is 2.49. The first kappa shape index (κ1) is 14.9. The van der Waals surface area contributed by atoms with Gasteiger partial charge >= 0.3 is 0 Å². The highest BCUT2D eigenvalue weighted by Gasteiger charge is 2.01. The van der Waals surface area contributed by atoms with Crippen molar-refractivity contribution in [2.45, 2.75) is 20.4 Å². The van der Waals surface area contributed by atoms with Gasteiger partial charge in [-0.1, -0.05) is 28.1 Å². The van der Waals surface area contributed by atoms with Crippen molar-refractivity contribution in [3.8, 4) is 0 Å². The molecule has 2 rings (SSSR count). The Hall–Kier alpha value is -1.48. The van der Waals surface area contributed by atoms with Gasteiger partial charge in [-0.2, -0.15) is 0 Å². The van der Waals surface area contributed by atoms with Gasteiger partial charge < -0.3 is 10.2 Å². The molecule has 0 saturated carbocycles. The lowest BCUT2D eigenvalue weighted by atomic mass is 10.2. The first-order valence-corrected chi connectivity index (χ1v) is 7.85. The number of hydrogen-bond donors (Lipinski definition) is 1. The van der Waals surface area contributed by atoms with E-state index in [4.69, 9.17) is 0 Å². The summed E-state index contributed by atoms with van der Waals surface area (Å²) >= 11 is 3.44. The first-order valence-electron chi connectivity index (χ1n) is 7.06. The molecular formula is C17H21BrN2. The van der Waals surface area contributed by atoms with Crippen molar-refractivity contribution < 1.29 is 0 Å². The van der Waals surface area contributed by atoms with E-state index >= 15 is 0 Å². The zero-order valence-electron chi connectivity index (χ0n) is 12.1. The maximum atomic E-state index is 3.44. The molecule has 0 atom stereocenters. The molecule has 0 aliphatic heterocycles. The zero-order valence-corrected chi connectivity index (χ0v) is 13.7. The monoisotopic (exact) mass is 332 g/mol. The molecule has 0 bridgehead atoms. The van der Waals surface area contributed by atoms with E-state index in [-0.39, 0.29) is 0 Å². The zero-order chi connectivity index (χ0) is 14.4. The van der Waals surface area contributed by atoms with Crippen molar-refractivity contribution in [1.29, 1.82) is 0 Å². The van der Waals surface area contributed by atoms with E-state index in [2.05, 4.69) is 76.4 Å². The molecule has 0 aliphatic rings. The number of hydrogen-bond acceptors (Lipinski definition) is 2. The largest absolute Gasteiger partial charge is 0.381 e. The average molecular weight is 333 g/mol. The maximum Gasteiger partial charge on any atom is 0.0400 e. The highest BCUT2D eigenvalue weighted by molar-refractivity contribution is 9.10. The summed E-state index contributed by atoms with van der Waals surface area (Å²) < 4.78 is 1.10. The van der Waals surface area contributed by atoms with Crippen molar-refractivity contribution in [1.82, 2.24) is 0 Å². The summed E-state index contributed by atoms with van der Waals surface area (Å²) in [7, 11) is 0. The number of anilines is 2. The molecule has 3 heteroatoms. The molecule has 0 unspecified atom stereocenters. The van der Waals surface area contributed by atoms with Crippen LogP contribution in [0.5, 0.6) is 0 Å². The van der Waals surface area contributed by atoms with E-state index in [1.165, 1.54) is 11.3 Å². The van der Waals surface area contributed by atoms with E-state index in [0.717, 1.165) is 29.8 Å². The minimum Gasteiger partial charge on any atom is -0.381 e. The van der Waals surface area contributed by atoms with E-state index < -0.39 is 0 Å². The quantitative estimate of drug-likeness (QED) is 0.808. The first-order chi connectivity index (χ1) is 9.72. The van der Waals surface area contributed by atoms with Gasteiger partial charge in [-0.3, -0.25) is 0 Å². The van der Waals surface area contributed by atoms with Crippen molar-refractivity contribution in [2.75, 3.05) is 23.3 Å².